The van der Waals surface area contributed by atoms with E-state index in [0.29, 0.717) is 0 Å². The van der Waals surface area contributed by atoms with E-state index in [9.17, 15) is 14.7 Å². The van der Waals surface area contributed by atoms with Gasteiger partial charge in [0.25, 0.3) is 0 Å². The SMILES string of the molecule is O=C(O)[C@H](CO)NN1CC(O)C[C@@H]1C(=O)O. The Hall–Kier alpha value is -1.22. The number of hydrogen-bond donors (Lipinski definition) is 5. The van der Waals surface area contributed by atoms with Gasteiger partial charge < -0.3 is 20.4 Å². The molecule has 0 bridgehead atoms. The normalized spacial score (nSPS) is 27.9. The second-order valence-electron chi connectivity index (χ2n) is 3.60. The molecule has 8 nitrogen and oxygen atoms in total. The summed E-state index contributed by atoms with van der Waals surface area (Å²) in [6.45, 7) is -0.644. The Morgan fingerprint density at radius 1 is 1.44 bits per heavy atom. The molecular formula is C8H14N2O6. The quantitative estimate of drug-likeness (QED) is 0.351. The van der Waals surface area contributed by atoms with Crippen molar-refractivity contribution in [1.82, 2.24) is 10.4 Å². The number of carbonyl (C=O) groups is 2. The van der Waals surface area contributed by atoms with Crippen LogP contribution in [0, 0.1) is 0 Å². The van der Waals surface area contributed by atoms with Gasteiger partial charge in [0.05, 0.1) is 12.7 Å². The van der Waals surface area contributed by atoms with Crippen LogP contribution in [0.15, 0.2) is 0 Å². The van der Waals surface area contributed by atoms with Crippen LogP contribution in [0.5, 0.6) is 0 Å². The minimum absolute atomic E-state index is 0.0146. The monoisotopic (exact) mass is 234 g/mol. The van der Waals surface area contributed by atoms with Crippen molar-refractivity contribution in [2.24, 2.45) is 0 Å². The molecule has 0 aromatic carbocycles. The summed E-state index contributed by atoms with van der Waals surface area (Å²) in [5.74, 6) is -2.43. The number of aliphatic carboxylic acids is 2. The number of nitrogens with one attached hydrogen (secondary N) is 1. The van der Waals surface area contributed by atoms with Crippen molar-refractivity contribution in [2.45, 2.75) is 24.6 Å². The molecule has 16 heavy (non-hydrogen) atoms. The van der Waals surface area contributed by atoms with Gasteiger partial charge in [0.1, 0.15) is 12.1 Å². The smallest absolute Gasteiger partial charge is 0.324 e. The Bertz CT molecular complexity index is 284. The highest BCUT2D eigenvalue weighted by Gasteiger charge is 2.37. The molecule has 1 saturated heterocycles. The summed E-state index contributed by atoms with van der Waals surface area (Å²) in [5.41, 5.74) is 2.37. The molecular weight excluding hydrogens is 220 g/mol. The second-order valence-corrected chi connectivity index (χ2v) is 3.60. The van der Waals surface area contributed by atoms with Gasteiger partial charge in [0.15, 0.2) is 0 Å². The van der Waals surface area contributed by atoms with E-state index in [1.54, 1.807) is 0 Å². The molecule has 1 heterocycles. The lowest BCUT2D eigenvalue weighted by Gasteiger charge is -2.24. The minimum atomic E-state index is -1.28. The Morgan fingerprint density at radius 2 is 2.06 bits per heavy atom. The molecule has 0 spiro atoms. The van der Waals surface area contributed by atoms with Crippen LogP contribution in [0.1, 0.15) is 6.42 Å². The molecule has 5 N–H and O–H groups in total. The van der Waals surface area contributed by atoms with Crippen molar-refractivity contribution < 1.29 is 30.0 Å². The third-order valence-electron chi connectivity index (χ3n) is 2.37. The van der Waals surface area contributed by atoms with Gasteiger partial charge in [0.2, 0.25) is 0 Å². The first-order valence-corrected chi connectivity index (χ1v) is 4.73. The molecule has 0 aromatic heterocycles. The van der Waals surface area contributed by atoms with Gasteiger partial charge in [-0.1, -0.05) is 0 Å². The highest BCUT2D eigenvalue weighted by atomic mass is 16.4. The largest absolute Gasteiger partial charge is 0.480 e. The van der Waals surface area contributed by atoms with Gasteiger partial charge >= 0.3 is 11.9 Å². The average molecular weight is 234 g/mol. The fraction of sp³-hybridized carbons (Fsp3) is 0.750. The fourth-order valence-electron chi connectivity index (χ4n) is 1.56. The predicted molar refractivity (Wildman–Crippen MR) is 50.4 cm³/mol. The van der Waals surface area contributed by atoms with Crippen LogP contribution in [0.25, 0.3) is 0 Å². The van der Waals surface area contributed by atoms with E-state index in [1.165, 1.54) is 0 Å². The van der Waals surface area contributed by atoms with E-state index in [-0.39, 0.29) is 13.0 Å². The van der Waals surface area contributed by atoms with Crippen molar-refractivity contribution in [1.29, 1.82) is 0 Å². The molecule has 0 amide bonds. The minimum Gasteiger partial charge on any atom is -0.480 e. The summed E-state index contributed by atoms with van der Waals surface area (Å²) in [6, 6.07) is -2.25. The van der Waals surface area contributed by atoms with E-state index >= 15 is 0 Å². The number of nitrogens with zero attached hydrogens (tertiary/aromatic N) is 1. The molecule has 92 valence electrons. The van der Waals surface area contributed by atoms with Crippen molar-refractivity contribution >= 4 is 11.9 Å². The van der Waals surface area contributed by atoms with E-state index < -0.39 is 36.7 Å². The second kappa shape index (κ2) is 5.21. The first-order chi connectivity index (χ1) is 7.45. The molecule has 0 aliphatic carbocycles. The number of hydrazine groups is 1. The fourth-order valence-corrected chi connectivity index (χ4v) is 1.56. The van der Waals surface area contributed by atoms with Crippen molar-refractivity contribution in [2.75, 3.05) is 13.2 Å². The molecule has 0 saturated carbocycles. The first kappa shape index (κ1) is 12.8. The van der Waals surface area contributed by atoms with Crippen molar-refractivity contribution in [3.8, 4) is 0 Å². The number of aliphatic hydroxyl groups is 2. The van der Waals surface area contributed by atoms with E-state index in [2.05, 4.69) is 5.43 Å². The maximum Gasteiger partial charge on any atom is 0.324 e. The molecule has 1 rings (SSSR count). The Balaban J connectivity index is 2.64. The molecule has 0 aromatic rings. The van der Waals surface area contributed by atoms with E-state index in [0.717, 1.165) is 5.01 Å². The summed E-state index contributed by atoms with van der Waals surface area (Å²) in [4.78, 5) is 21.4. The Kier molecular flexibility index (Phi) is 4.19. The van der Waals surface area contributed by atoms with Crippen LogP contribution in [0.3, 0.4) is 0 Å². The van der Waals surface area contributed by atoms with E-state index in [1.807, 2.05) is 0 Å². The van der Waals surface area contributed by atoms with Gasteiger partial charge in [-0.3, -0.25) is 9.59 Å². The highest BCUT2D eigenvalue weighted by Crippen LogP contribution is 2.16. The number of carboxylic acid groups (broad SMARTS) is 2. The topological polar surface area (TPSA) is 130 Å². The Morgan fingerprint density at radius 3 is 2.50 bits per heavy atom. The molecule has 3 atom stereocenters. The van der Waals surface area contributed by atoms with Gasteiger partial charge in [-0.15, -0.1) is 0 Å². The zero-order valence-electron chi connectivity index (χ0n) is 8.41. The molecule has 1 unspecified atom stereocenters. The van der Waals surface area contributed by atoms with Crippen LogP contribution >= 0.6 is 0 Å². The molecule has 1 fully saturated rings. The number of hydrogen-bond acceptors (Lipinski definition) is 6. The maximum absolute atomic E-state index is 10.8. The number of rotatable bonds is 5. The summed E-state index contributed by atoms with van der Waals surface area (Å²) in [5, 5.41) is 36.7. The van der Waals surface area contributed by atoms with Gasteiger partial charge in [0, 0.05) is 13.0 Å². The molecule has 1 aliphatic heterocycles. The molecule has 1 aliphatic rings. The van der Waals surface area contributed by atoms with Crippen LogP contribution in [-0.2, 0) is 9.59 Å². The van der Waals surface area contributed by atoms with Crippen LogP contribution < -0.4 is 5.43 Å². The lowest BCUT2D eigenvalue weighted by Crippen LogP contribution is -2.54. The van der Waals surface area contributed by atoms with E-state index in [4.69, 9.17) is 15.3 Å². The lowest BCUT2D eigenvalue weighted by molar-refractivity contribution is -0.148. The average Bonchev–Trinajstić information content (AvgIpc) is 2.55. The van der Waals surface area contributed by atoms with Crippen LogP contribution in [0.4, 0.5) is 0 Å². The third-order valence-corrected chi connectivity index (χ3v) is 2.37. The van der Waals surface area contributed by atoms with Crippen LogP contribution in [0.2, 0.25) is 0 Å². The Labute approximate surface area is 91.1 Å². The number of aliphatic hydroxyl groups excluding tert-OH is 2. The van der Waals surface area contributed by atoms with Gasteiger partial charge in [-0.25, -0.2) is 10.4 Å². The van der Waals surface area contributed by atoms with Crippen molar-refractivity contribution in [3.05, 3.63) is 0 Å². The lowest BCUT2D eigenvalue weighted by atomic mass is 10.2. The summed E-state index contributed by atoms with van der Waals surface area (Å²) < 4.78 is 0. The molecule has 0 radical (unpaired) electrons. The predicted octanol–water partition coefficient (Wildman–Crippen LogP) is -2.54. The van der Waals surface area contributed by atoms with Gasteiger partial charge in [-0.05, 0) is 0 Å². The maximum atomic E-state index is 10.8. The van der Waals surface area contributed by atoms with Crippen molar-refractivity contribution in [3.63, 3.8) is 0 Å². The zero-order valence-corrected chi connectivity index (χ0v) is 8.41. The number of carboxylic acids is 2. The summed E-state index contributed by atoms with van der Waals surface area (Å²) in [6.07, 6.45) is -0.790. The first-order valence-electron chi connectivity index (χ1n) is 4.73. The van der Waals surface area contributed by atoms with Crippen LogP contribution in [-0.4, -0.2) is 68.7 Å². The van der Waals surface area contributed by atoms with Gasteiger partial charge in [-0.2, -0.15) is 0 Å². The standard InChI is InChI=1S/C8H14N2O6/c11-3-5(7(13)14)9-10-2-4(12)1-6(10)8(15)16/h4-6,9,11-12H,1-3H2,(H,13,14)(H,15,16)/t4?,5-,6+/m0/s1. The zero-order chi connectivity index (χ0) is 12.3. The number of β-amino-alcohol motifs (C(OH)–C–C–N with tert-alkyl or cyclic N) is 1. The molecule has 8 heteroatoms. The third kappa shape index (κ3) is 2.89. The summed E-state index contributed by atoms with van der Waals surface area (Å²) >= 11 is 0. The highest BCUT2D eigenvalue weighted by molar-refractivity contribution is 5.75. The summed E-state index contributed by atoms with van der Waals surface area (Å²) in [7, 11) is 0.